The summed E-state index contributed by atoms with van der Waals surface area (Å²) in [6.07, 6.45) is 0. The van der Waals surface area contributed by atoms with E-state index in [2.05, 4.69) is 42.0 Å². The van der Waals surface area contributed by atoms with Gasteiger partial charge in [0.2, 0.25) is 0 Å². The van der Waals surface area contributed by atoms with Crippen molar-refractivity contribution in [3.63, 3.8) is 0 Å². The predicted molar refractivity (Wildman–Crippen MR) is 109 cm³/mol. The van der Waals surface area contributed by atoms with Crippen LogP contribution >= 0.6 is 24.2 Å². The third-order valence-electron chi connectivity index (χ3n) is 4.64. The largest absolute Gasteiger partial charge is 0.384 e. The lowest BCUT2D eigenvalue weighted by Crippen LogP contribution is -2.38. The molecule has 142 valence electrons. The van der Waals surface area contributed by atoms with E-state index < -0.39 is 5.41 Å². The van der Waals surface area contributed by atoms with Gasteiger partial charge < -0.3 is 20.7 Å². The minimum atomic E-state index is -0.944. The van der Waals surface area contributed by atoms with E-state index in [4.69, 9.17) is 22.1 Å². The number of dihydropyridines is 1. The summed E-state index contributed by atoms with van der Waals surface area (Å²) >= 11 is 10.1. The van der Waals surface area contributed by atoms with Crippen molar-refractivity contribution in [3.05, 3.63) is 56.8 Å². The fraction of sp³-hybridized carbons (Fsp3) is 0.368. The number of halogens is 1. The second-order valence-electron chi connectivity index (χ2n) is 6.41. The summed E-state index contributed by atoms with van der Waals surface area (Å²) in [6.45, 7) is 5.80. The normalized spacial score (nSPS) is 22.9. The van der Waals surface area contributed by atoms with Crippen LogP contribution in [0.4, 0.5) is 0 Å². The van der Waals surface area contributed by atoms with Crippen LogP contribution in [0.1, 0.15) is 12.5 Å². The number of ether oxygens (including phenoxy) is 1. The molecule has 6 nitrogen and oxygen atoms in total. The summed E-state index contributed by atoms with van der Waals surface area (Å²) in [6, 6.07) is 11.2. The van der Waals surface area contributed by atoms with E-state index in [1.807, 2.05) is 0 Å². The van der Waals surface area contributed by atoms with Gasteiger partial charge in [0.15, 0.2) is 0 Å². The number of nitriles is 2. The molecule has 2 aliphatic rings. The highest BCUT2D eigenvalue weighted by Gasteiger charge is 2.42. The molecule has 0 bridgehead atoms. The second kappa shape index (κ2) is 9.16. The minimum Gasteiger partial charge on any atom is -0.384 e. The molecule has 1 unspecified atom stereocenters. The summed E-state index contributed by atoms with van der Waals surface area (Å²) in [7, 11) is 2.11. The Morgan fingerprint density at radius 1 is 1.19 bits per heavy atom. The zero-order chi connectivity index (χ0) is 20.0. The van der Waals surface area contributed by atoms with Gasteiger partial charge in [0.1, 0.15) is 5.82 Å². The van der Waals surface area contributed by atoms with Crippen molar-refractivity contribution in [3.8, 4) is 12.1 Å². The monoisotopic (exact) mass is 403 g/mol. The third kappa shape index (κ3) is 4.58. The molecule has 1 fully saturated rings. The number of morpholine rings is 1. The highest BCUT2D eigenvalue weighted by Crippen LogP contribution is 2.43. The second-order valence-corrected chi connectivity index (χ2v) is 7.29. The molecule has 1 saturated heterocycles. The quantitative estimate of drug-likeness (QED) is 0.623. The summed E-state index contributed by atoms with van der Waals surface area (Å²) < 4.78 is 5.10. The summed E-state index contributed by atoms with van der Waals surface area (Å²) in [5.74, 6) is 0.203. The van der Waals surface area contributed by atoms with Crippen LogP contribution in [0, 0.1) is 22.7 Å². The van der Waals surface area contributed by atoms with Crippen molar-refractivity contribution < 1.29 is 4.74 Å². The summed E-state index contributed by atoms with van der Waals surface area (Å²) in [5, 5.41) is 22.5. The Labute approximate surface area is 170 Å². The third-order valence-corrected chi connectivity index (χ3v) is 5.23. The van der Waals surface area contributed by atoms with Crippen molar-refractivity contribution >= 4 is 24.2 Å². The first-order chi connectivity index (χ1) is 12.8. The molecule has 0 saturated carbocycles. The van der Waals surface area contributed by atoms with Crippen molar-refractivity contribution in [2.75, 3.05) is 33.4 Å². The maximum absolute atomic E-state index is 9.42. The molecule has 0 aliphatic carbocycles. The number of nitrogens with zero attached hydrogens (tertiary/aromatic N) is 3. The molecule has 8 heteroatoms. The fourth-order valence-corrected chi connectivity index (χ4v) is 3.47. The zero-order valence-corrected chi connectivity index (χ0v) is 16.9. The lowest BCUT2D eigenvalue weighted by molar-refractivity contribution is 0.0503. The summed E-state index contributed by atoms with van der Waals surface area (Å²) in [5.41, 5.74) is 6.31. The maximum Gasteiger partial charge on any atom is 0.116 e. The van der Waals surface area contributed by atoms with Gasteiger partial charge in [-0.1, -0.05) is 23.7 Å². The molecule has 0 spiro atoms. The van der Waals surface area contributed by atoms with Crippen LogP contribution in [0.25, 0.3) is 0 Å². The average Bonchev–Trinajstić information content (AvgIpc) is 2.63. The SMILES string of the molecule is CC1(c2ccc(Cl)cc2)C(C#N)=C(N)NC(S)=C1C#N.CN1CCOCC1. The molecule has 1 aromatic rings. The molecule has 1 atom stereocenters. The van der Waals surface area contributed by atoms with Gasteiger partial charge in [0, 0.05) is 18.1 Å². The van der Waals surface area contributed by atoms with Gasteiger partial charge in [-0.3, -0.25) is 0 Å². The van der Waals surface area contributed by atoms with Gasteiger partial charge in [-0.25, -0.2) is 0 Å². The van der Waals surface area contributed by atoms with Gasteiger partial charge in [-0.05, 0) is 31.7 Å². The molecule has 2 heterocycles. The Morgan fingerprint density at radius 2 is 1.74 bits per heavy atom. The zero-order valence-electron chi connectivity index (χ0n) is 15.3. The Bertz CT molecular complexity index is 793. The molecule has 2 aliphatic heterocycles. The molecule has 1 aromatic carbocycles. The van der Waals surface area contributed by atoms with Crippen LogP contribution in [0.2, 0.25) is 5.02 Å². The number of nitrogens with one attached hydrogen (secondary N) is 1. The van der Waals surface area contributed by atoms with Crippen molar-refractivity contribution in [1.29, 1.82) is 10.5 Å². The number of thiol groups is 1. The van der Waals surface area contributed by atoms with Crippen molar-refractivity contribution in [2.45, 2.75) is 12.3 Å². The predicted octanol–water partition coefficient (Wildman–Crippen LogP) is 2.51. The van der Waals surface area contributed by atoms with E-state index in [0.717, 1.165) is 31.9 Å². The smallest absolute Gasteiger partial charge is 0.116 e. The highest BCUT2D eigenvalue weighted by molar-refractivity contribution is 7.84. The van der Waals surface area contributed by atoms with Gasteiger partial charge in [0.25, 0.3) is 0 Å². The standard InChI is InChI=1S/C14H11ClN4S.C5H11NO/c1-14(8-2-4-9(15)5-3-8)10(6-16)12(18)19-13(20)11(14)7-17;1-6-2-4-7-5-3-6/h2-5,19-20H,18H2,1H3;2-5H2,1H3. The van der Waals surface area contributed by atoms with Gasteiger partial charge in [0.05, 0.1) is 46.9 Å². The Kier molecular flexibility index (Phi) is 7.18. The van der Waals surface area contributed by atoms with E-state index in [1.165, 1.54) is 0 Å². The van der Waals surface area contributed by atoms with Crippen LogP contribution in [-0.2, 0) is 10.2 Å². The van der Waals surface area contributed by atoms with E-state index in [9.17, 15) is 10.5 Å². The minimum absolute atomic E-state index is 0.203. The molecule has 3 N–H and O–H groups in total. The van der Waals surface area contributed by atoms with Crippen LogP contribution in [0.3, 0.4) is 0 Å². The van der Waals surface area contributed by atoms with Gasteiger partial charge >= 0.3 is 0 Å². The first-order valence-corrected chi connectivity index (χ1v) is 9.20. The molecule has 0 radical (unpaired) electrons. The molecular formula is C19H22ClN5OS. The molecular weight excluding hydrogens is 382 g/mol. The topological polar surface area (TPSA) is 98.1 Å². The van der Waals surface area contributed by atoms with Crippen LogP contribution in [0.5, 0.6) is 0 Å². The lowest BCUT2D eigenvalue weighted by Gasteiger charge is -2.34. The lowest BCUT2D eigenvalue weighted by atomic mass is 9.70. The Morgan fingerprint density at radius 3 is 2.19 bits per heavy atom. The number of nitrogens with two attached hydrogens (primary N) is 1. The van der Waals surface area contributed by atoms with Crippen LogP contribution in [0.15, 0.2) is 46.3 Å². The van der Waals surface area contributed by atoms with E-state index in [0.29, 0.717) is 15.6 Å². The van der Waals surface area contributed by atoms with Crippen molar-refractivity contribution in [2.24, 2.45) is 5.73 Å². The van der Waals surface area contributed by atoms with Crippen molar-refractivity contribution in [1.82, 2.24) is 10.2 Å². The number of allylic oxidation sites excluding steroid dienone is 2. The number of hydrogen-bond donors (Lipinski definition) is 3. The number of hydrogen-bond acceptors (Lipinski definition) is 7. The first-order valence-electron chi connectivity index (χ1n) is 8.38. The van der Waals surface area contributed by atoms with Gasteiger partial charge in [-0.15, -0.1) is 12.6 Å². The van der Waals surface area contributed by atoms with Crippen LogP contribution < -0.4 is 11.1 Å². The number of rotatable bonds is 1. The highest BCUT2D eigenvalue weighted by atomic mass is 35.5. The van der Waals surface area contributed by atoms with E-state index in [1.54, 1.807) is 31.2 Å². The van der Waals surface area contributed by atoms with Gasteiger partial charge in [-0.2, -0.15) is 10.5 Å². The molecule has 27 heavy (non-hydrogen) atoms. The number of likely N-dealkylation sites (N-methyl/N-ethyl adjacent to an activating group) is 1. The Balaban J connectivity index is 0.000000313. The number of benzene rings is 1. The van der Waals surface area contributed by atoms with Crippen LogP contribution in [-0.4, -0.2) is 38.3 Å². The summed E-state index contributed by atoms with van der Waals surface area (Å²) in [4.78, 5) is 2.27. The molecule has 0 amide bonds. The average molecular weight is 404 g/mol. The van der Waals surface area contributed by atoms with E-state index in [-0.39, 0.29) is 11.4 Å². The fourth-order valence-electron chi connectivity index (χ4n) is 2.95. The maximum atomic E-state index is 9.42. The van der Waals surface area contributed by atoms with E-state index >= 15 is 0 Å². The molecule has 0 aromatic heterocycles. The molecule has 3 rings (SSSR count). The first kappa shape index (κ1) is 21.1. The Hall–Kier alpha value is -2.16.